The molecule has 0 aliphatic rings. The number of hydrogen-bond acceptors (Lipinski definition) is 2. The fourth-order valence-electron chi connectivity index (χ4n) is 1.28. The minimum absolute atomic E-state index is 0.261. The van der Waals surface area contributed by atoms with Gasteiger partial charge in [-0.3, -0.25) is 4.79 Å². The van der Waals surface area contributed by atoms with Gasteiger partial charge in [-0.25, -0.2) is 8.78 Å². The number of halogens is 2. The lowest BCUT2D eigenvalue weighted by Crippen LogP contribution is -2.22. The molecule has 0 fully saturated rings. The maximum Gasteiger partial charge on any atom is 0.194 e. The molecule has 1 atom stereocenters. The molecule has 1 unspecified atom stereocenters. The first-order chi connectivity index (χ1) is 7.56. The van der Waals surface area contributed by atoms with E-state index in [2.05, 4.69) is 0 Å². The van der Waals surface area contributed by atoms with Crippen molar-refractivity contribution in [3.8, 4) is 0 Å². The second-order valence-electron chi connectivity index (χ2n) is 3.50. The van der Waals surface area contributed by atoms with Crippen molar-refractivity contribution in [3.63, 3.8) is 0 Å². The molecule has 16 heavy (non-hydrogen) atoms. The molecule has 0 aromatic heterocycles. The third-order valence-electron chi connectivity index (χ3n) is 2.14. The van der Waals surface area contributed by atoms with Gasteiger partial charge in [0.2, 0.25) is 0 Å². The Labute approximate surface area is 93.2 Å². The molecule has 1 aromatic rings. The number of carbonyl (C=O) groups is 1. The largest absolute Gasteiger partial charge is 0.370 e. The third-order valence-corrected chi connectivity index (χ3v) is 2.14. The van der Waals surface area contributed by atoms with Crippen molar-refractivity contribution in [1.29, 1.82) is 0 Å². The summed E-state index contributed by atoms with van der Waals surface area (Å²) in [5, 5.41) is 0. The number of rotatable bonds is 5. The zero-order valence-corrected chi connectivity index (χ0v) is 9.30. The van der Waals surface area contributed by atoms with E-state index in [0.29, 0.717) is 6.61 Å². The summed E-state index contributed by atoms with van der Waals surface area (Å²) in [5.74, 6) is -1.89. The molecule has 0 heterocycles. The Morgan fingerprint density at radius 2 is 2.12 bits per heavy atom. The Hall–Kier alpha value is -1.29. The lowest BCUT2D eigenvalue weighted by Gasteiger charge is -2.11. The first kappa shape index (κ1) is 12.8. The zero-order chi connectivity index (χ0) is 12.1. The SMILES string of the molecule is CCCOC(C)C(=O)c1cc(F)ccc1F. The lowest BCUT2D eigenvalue weighted by molar-refractivity contribution is 0.0475. The average Bonchev–Trinajstić information content (AvgIpc) is 2.28. The molecule has 0 bridgehead atoms. The molecule has 1 aromatic carbocycles. The highest BCUT2D eigenvalue weighted by Gasteiger charge is 2.19. The maximum atomic E-state index is 13.3. The smallest absolute Gasteiger partial charge is 0.194 e. The van der Waals surface area contributed by atoms with Crippen LogP contribution in [-0.4, -0.2) is 18.5 Å². The van der Waals surface area contributed by atoms with E-state index in [1.807, 2.05) is 6.92 Å². The Kier molecular flexibility index (Phi) is 4.55. The number of ether oxygens (including phenoxy) is 1. The van der Waals surface area contributed by atoms with Gasteiger partial charge in [-0.1, -0.05) is 6.92 Å². The Bertz CT molecular complexity index is 377. The molecule has 0 spiro atoms. The van der Waals surface area contributed by atoms with E-state index in [1.165, 1.54) is 6.92 Å². The Morgan fingerprint density at radius 3 is 2.75 bits per heavy atom. The second kappa shape index (κ2) is 5.70. The third kappa shape index (κ3) is 3.10. The molecule has 0 N–H and O–H groups in total. The van der Waals surface area contributed by atoms with Crippen LogP contribution in [0.2, 0.25) is 0 Å². The molecule has 0 radical (unpaired) electrons. The fraction of sp³-hybridized carbons (Fsp3) is 0.417. The highest BCUT2D eigenvalue weighted by atomic mass is 19.1. The number of carbonyl (C=O) groups excluding carboxylic acids is 1. The van der Waals surface area contributed by atoms with Crippen LogP contribution >= 0.6 is 0 Å². The molecule has 0 aliphatic heterocycles. The van der Waals surface area contributed by atoms with Crippen molar-refractivity contribution in [1.82, 2.24) is 0 Å². The van der Waals surface area contributed by atoms with Gasteiger partial charge in [0.15, 0.2) is 5.78 Å². The van der Waals surface area contributed by atoms with E-state index >= 15 is 0 Å². The van der Waals surface area contributed by atoms with Crippen molar-refractivity contribution in [2.45, 2.75) is 26.4 Å². The molecule has 1 rings (SSSR count). The number of benzene rings is 1. The minimum atomic E-state index is -0.753. The minimum Gasteiger partial charge on any atom is -0.370 e. The molecular formula is C12H14F2O2. The van der Waals surface area contributed by atoms with Gasteiger partial charge in [0.05, 0.1) is 5.56 Å². The molecule has 0 saturated carbocycles. The van der Waals surface area contributed by atoms with Crippen molar-refractivity contribution >= 4 is 5.78 Å². The van der Waals surface area contributed by atoms with Crippen molar-refractivity contribution in [2.75, 3.05) is 6.61 Å². The number of Topliss-reactive ketones (excluding diaryl/α,β-unsaturated/α-hetero) is 1. The van der Waals surface area contributed by atoms with E-state index in [1.54, 1.807) is 0 Å². The van der Waals surface area contributed by atoms with E-state index < -0.39 is 23.5 Å². The summed E-state index contributed by atoms with van der Waals surface area (Å²) in [6.07, 6.45) is 0.0136. The summed E-state index contributed by atoms with van der Waals surface area (Å²) in [6, 6.07) is 2.81. The quantitative estimate of drug-likeness (QED) is 0.724. The van der Waals surface area contributed by atoms with Crippen molar-refractivity contribution < 1.29 is 18.3 Å². The Morgan fingerprint density at radius 1 is 1.44 bits per heavy atom. The maximum absolute atomic E-state index is 13.3. The summed E-state index contributed by atoms with van der Waals surface area (Å²) in [6.45, 7) is 3.85. The van der Waals surface area contributed by atoms with Crippen LogP contribution in [0.3, 0.4) is 0 Å². The summed E-state index contributed by atoms with van der Waals surface area (Å²) < 4.78 is 31.3. The van der Waals surface area contributed by atoms with Crippen LogP contribution in [0.5, 0.6) is 0 Å². The highest BCUT2D eigenvalue weighted by molar-refractivity contribution is 5.99. The van der Waals surface area contributed by atoms with E-state index in [-0.39, 0.29) is 5.56 Å². The Balaban J connectivity index is 2.83. The predicted molar refractivity (Wildman–Crippen MR) is 56.4 cm³/mol. The first-order valence-corrected chi connectivity index (χ1v) is 5.17. The van der Waals surface area contributed by atoms with Gasteiger partial charge < -0.3 is 4.74 Å². The number of ketones is 1. The highest BCUT2D eigenvalue weighted by Crippen LogP contribution is 2.13. The molecule has 88 valence electrons. The molecule has 0 aliphatic carbocycles. The summed E-state index contributed by atoms with van der Waals surface area (Å²) in [7, 11) is 0. The molecule has 0 amide bonds. The van der Waals surface area contributed by atoms with Crippen LogP contribution in [0.1, 0.15) is 30.6 Å². The topological polar surface area (TPSA) is 26.3 Å². The van der Waals surface area contributed by atoms with Crippen LogP contribution in [0.25, 0.3) is 0 Å². The predicted octanol–water partition coefficient (Wildman–Crippen LogP) is 2.96. The van der Waals surface area contributed by atoms with Crippen LogP contribution in [0, 0.1) is 11.6 Å². The lowest BCUT2D eigenvalue weighted by atomic mass is 10.1. The molecule has 2 nitrogen and oxygen atoms in total. The summed E-state index contributed by atoms with van der Waals surface area (Å²) in [4.78, 5) is 11.7. The molecule has 0 saturated heterocycles. The van der Waals surface area contributed by atoms with Crippen molar-refractivity contribution in [2.24, 2.45) is 0 Å². The van der Waals surface area contributed by atoms with E-state index in [4.69, 9.17) is 4.74 Å². The van der Waals surface area contributed by atoms with Crippen molar-refractivity contribution in [3.05, 3.63) is 35.4 Å². The first-order valence-electron chi connectivity index (χ1n) is 5.17. The monoisotopic (exact) mass is 228 g/mol. The van der Waals surface area contributed by atoms with Crippen LogP contribution in [-0.2, 0) is 4.74 Å². The van der Waals surface area contributed by atoms with Gasteiger partial charge in [0.25, 0.3) is 0 Å². The zero-order valence-electron chi connectivity index (χ0n) is 9.30. The van der Waals surface area contributed by atoms with Crippen LogP contribution < -0.4 is 0 Å². The summed E-state index contributed by atoms with van der Waals surface area (Å²) in [5.41, 5.74) is -0.261. The normalized spacial score (nSPS) is 12.5. The summed E-state index contributed by atoms with van der Waals surface area (Å²) >= 11 is 0. The van der Waals surface area contributed by atoms with Gasteiger partial charge in [-0.2, -0.15) is 0 Å². The van der Waals surface area contributed by atoms with Crippen LogP contribution in [0.4, 0.5) is 8.78 Å². The molecule has 4 heteroatoms. The average molecular weight is 228 g/mol. The standard InChI is InChI=1S/C12H14F2O2/c1-3-6-16-8(2)12(15)10-7-9(13)4-5-11(10)14/h4-5,7-8H,3,6H2,1-2H3. The van der Waals surface area contributed by atoms with Gasteiger partial charge in [0.1, 0.15) is 17.7 Å². The second-order valence-corrected chi connectivity index (χ2v) is 3.50. The number of hydrogen-bond donors (Lipinski definition) is 0. The van der Waals surface area contributed by atoms with E-state index in [9.17, 15) is 13.6 Å². The molecular weight excluding hydrogens is 214 g/mol. The van der Waals surface area contributed by atoms with Crippen LogP contribution in [0.15, 0.2) is 18.2 Å². The van der Waals surface area contributed by atoms with Gasteiger partial charge in [0, 0.05) is 6.61 Å². The van der Waals surface area contributed by atoms with E-state index in [0.717, 1.165) is 24.6 Å². The van der Waals surface area contributed by atoms with Gasteiger partial charge in [-0.15, -0.1) is 0 Å². The van der Waals surface area contributed by atoms with Gasteiger partial charge >= 0.3 is 0 Å². The fourth-order valence-corrected chi connectivity index (χ4v) is 1.28. The van der Waals surface area contributed by atoms with Gasteiger partial charge in [-0.05, 0) is 31.5 Å².